The van der Waals surface area contributed by atoms with Crippen molar-refractivity contribution in [2.75, 3.05) is 33.3 Å². The number of carbonyl (C=O) groups is 3. The highest BCUT2D eigenvalue weighted by atomic mass is 16.5. The van der Waals surface area contributed by atoms with E-state index in [4.69, 9.17) is 5.11 Å². The lowest BCUT2D eigenvalue weighted by Gasteiger charge is -2.36. The maximum atomic E-state index is 11.2. The number of hydrogen-bond donors (Lipinski definition) is 3. The lowest BCUT2D eigenvalue weighted by Crippen LogP contribution is -2.53. The Bertz CT molecular complexity index is 374. The Morgan fingerprint density at radius 3 is 2.60 bits per heavy atom. The summed E-state index contributed by atoms with van der Waals surface area (Å²) < 4.78 is 4.52. The van der Waals surface area contributed by atoms with Crippen molar-refractivity contribution in [2.45, 2.75) is 19.4 Å². The fourth-order valence-corrected chi connectivity index (χ4v) is 2.27. The number of nitrogens with zero attached hydrogens (tertiary/aromatic N) is 1. The van der Waals surface area contributed by atoms with E-state index in [1.165, 1.54) is 14.0 Å². The summed E-state index contributed by atoms with van der Waals surface area (Å²) in [5.74, 6) is -1.55. The molecule has 0 saturated carbocycles. The van der Waals surface area contributed by atoms with Crippen LogP contribution in [0.5, 0.6) is 0 Å². The summed E-state index contributed by atoms with van der Waals surface area (Å²) >= 11 is 0. The molecule has 8 heteroatoms. The highest BCUT2D eigenvalue weighted by Crippen LogP contribution is 2.17. The molecule has 1 saturated heterocycles. The number of rotatable bonds is 5. The van der Waals surface area contributed by atoms with Gasteiger partial charge in [0, 0.05) is 39.1 Å². The molecule has 2 unspecified atom stereocenters. The number of carboxylic acid groups (broad SMARTS) is 1. The first-order valence-corrected chi connectivity index (χ1v) is 6.46. The van der Waals surface area contributed by atoms with Crippen LogP contribution in [0.2, 0.25) is 0 Å². The van der Waals surface area contributed by atoms with Crippen LogP contribution in [0, 0.1) is 5.92 Å². The molecule has 0 radical (unpaired) electrons. The largest absolute Gasteiger partial charge is 0.481 e. The minimum Gasteiger partial charge on any atom is -0.481 e. The summed E-state index contributed by atoms with van der Waals surface area (Å²) in [6.45, 7) is 3.37. The number of aliphatic carboxylic acids is 1. The lowest BCUT2D eigenvalue weighted by atomic mass is 9.94. The van der Waals surface area contributed by atoms with Gasteiger partial charge in [-0.25, -0.2) is 4.79 Å². The molecule has 0 spiro atoms. The van der Waals surface area contributed by atoms with Gasteiger partial charge in [0.25, 0.3) is 0 Å². The van der Waals surface area contributed by atoms with Crippen LogP contribution in [-0.2, 0) is 14.3 Å². The van der Waals surface area contributed by atoms with E-state index in [0.717, 1.165) is 0 Å². The molecule has 0 bridgehead atoms. The van der Waals surface area contributed by atoms with Crippen LogP contribution >= 0.6 is 0 Å². The van der Waals surface area contributed by atoms with Gasteiger partial charge >= 0.3 is 12.1 Å². The normalized spacial score (nSPS) is 22.9. The van der Waals surface area contributed by atoms with Gasteiger partial charge in [0.05, 0.1) is 13.0 Å². The van der Waals surface area contributed by atoms with Gasteiger partial charge in [-0.05, 0) is 6.42 Å². The number of likely N-dealkylation sites (tertiary alicyclic amines) is 1. The summed E-state index contributed by atoms with van der Waals surface area (Å²) in [4.78, 5) is 35.1. The molecule has 1 heterocycles. The Hall–Kier alpha value is -1.83. The fraction of sp³-hybridized carbons (Fsp3) is 0.750. The average molecular weight is 287 g/mol. The standard InChI is InChI=1S/C12H21N3O5/c1-8(16)13-3-4-15-6-9(11(17)18)5-10(7-15)14-12(19)20-2/h9-10H,3-7H2,1-2H3,(H,13,16)(H,14,19)(H,17,18). The summed E-state index contributed by atoms with van der Waals surface area (Å²) in [5.41, 5.74) is 0. The molecular weight excluding hydrogens is 266 g/mol. The first kappa shape index (κ1) is 16.2. The number of carboxylic acids is 1. The fourth-order valence-electron chi connectivity index (χ4n) is 2.27. The molecule has 0 aliphatic carbocycles. The predicted molar refractivity (Wildman–Crippen MR) is 70.2 cm³/mol. The van der Waals surface area contributed by atoms with E-state index in [2.05, 4.69) is 15.4 Å². The molecule has 1 aliphatic heterocycles. The average Bonchev–Trinajstić information content (AvgIpc) is 2.37. The molecule has 1 rings (SSSR count). The van der Waals surface area contributed by atoms with Crippen molar-refractivity contribution < 1.29 is 24.2 Å². The zero-order chi connectivity index (χ0) is 15.1. The van der Waals surface area contributed by atoms with E-state index in [1.54, 1.807) is 0 Å². The second-order valence-corrected chi connectivity index (χ2v) is 4.85. The van der Waals surface area contributed by atoms with E-state index < -0.39 is 18.0 Å². The van der Waals surface area contributed by atoms with E-state index in [1.807, 2.05) is 4.90 Å². The summed E-state index contributed by atoms with van der Waals surface area (Å²) in [7, 11) is 1.27. The third-order valence-electron chi connectivity index (χ3n) is 3.18. The molecule has 0 aromatic heterocycles. The van der Waals surface area contributed by atoms with Crippen molar-refractivity contribution in [3.63, 3.8) is 0 Å². The highest BCUT2D eigenvalue weighted by molar-refractivity contribution is 5.72. The number of ether oxygens (including phenoxy) is 1. The predicted octanol–water partition coefficient (Wildman–Crippen LogP) is -0.746. The number of hydrogen-bond acceptors (Lipinski definition) is 5. The molecule has 114 valence electrons. The summed E-state index contributed by atoms with van der Waals surface area (Å²) in [6, 6.07) is -0.269. The third kappa shape index (κ3) is 5.43. The number of carbonyl (C=O) groups excluding carboxylic acids is 2. The first-order valence-electron chi connectivity index (χ1n) is 6.46. The van der Waals surface area contributed by atoms with Gasteiger partial charge in [-0.15, -0.1) is 0 Å². The zero-order valence-electron chi connectivity index (χ0n) is 11.7. The third-order valence-corrected chi connectivity index (χ3v) is 3.18. The van der Waals surface area contributed by atoms with Gasteiger partial charge < -0.3 is 20.5 Å². The number of piperidine rings is 1. The van der Waals surface area contributed by atoms with Gasteiger partial charge in [0.15, 0.2) is 0 Å². The van der Waals surface area contributed by atoms with Crippen molar-refractivity contribution in [1.29, 1.82) is 0 Å². The van der Waals surface area contributed by atoms with Crippen LogP contribution in [-0.4, -0.2) is 67.3 Å². The molecule has 1 aliphatic rings. The SMILES string of the molecule is COC(=O)NC1CC(C(=O)O)CN(CCNC(C)=O)C1. The lowest BCUT2D eigenvalue weighted by molar-refractivity contribution is -0.144. The number of nitrogens with one attached hydrogen (secondary N) is 2. The Morgan fingerprint density at radius 2 is 2.05 bits per heavy atom. The molecule has 1 fully saturated rings. The minimum absolute atomic E-state index is 0.124. The van der Waals surface area contributed by atoms with Crippen LogP contribution in [0.3, 0.4) is 0 Å². The van der Waals surface area contributed by atoms with E-state index >= 15 is 0 Å². The molecule has 2 atom stereocenters. The maximum absolute atomic E-state index is 11.2. The van der Waals surface area contributed by atoms with Crippen LogP contribution < -0.4 is 10.6 Å². The molecule has 2 amide bonds. The molecule has 8 nitrogen and oxygen atoms in total. The summed E-state index contributed by atoms with van der Waals surface area (Å²) in [6.07, 6.45) is -0.191. The van der Waals surface area contributed by atoms with Gasteiger partial charge in [-0.1, -0.05) is 0 Å². The Kier molecular flexibility index (Phi) is 6.23. The number of amides is 2. The minimum atomic E-state index is -0.883. The van der Waals surface area contributed by atoms with Crippen molar-refractivity contribution >= 4 is 18.0 Å². The highest BCUT2D eigenvalue weighted by Gasteiger charge is 2.32. The maximum Gasteiger partial charge on any atom is 0.407 e. The zero-order valence-corrected chi connectivity index (χ0v) is 11.7. The molecule has 20 heavy (non-hydrogen) atoms. The number of methoxy groups -OCH3 is 1. The van der Waals surface area contributed by atoms with Crippen molar-refractivity contribution in [3.05, 3.63) is 0 Å². The first-order chi connectivity index (χ1) is 9.42. The van der Waals surface area contributed by atoms with Crippen molar-refractivity contribution in [1.82, 2.24) is 15.5 Å². The number of alkyl carbamates (subject to hydrolysis) is 1. The molecule has 3 N–H and O–H groups in total. The summed E-state index contributed by atoms with van der Waals surface area (Å²) in [5, 5.41) is 14.4. The van der Waals surface area contributed by atoms with Crippen LogP contribution in [0.15, 0.2) is 0 Å². The van der Waals surface area contributed by atoms with Crippen molar-refractivity contribution in [3.8, 4) is 0 Å². The van der Waals surface area contributed by atoms with Gasteiger partial charge in [0.2, 0.25) is 5.91 Å². The van der Waals surface area contributed by atoms with Crippen LogP contribution in [0.4, 0.5) is 4.79 Å². The van der Waals surface area contributed by atoms with E-state index in [0.29, 0.717) is 32.6 Å². The Morgan fingerprint density at radius 1 is 1.35 bits per heavy atom. The van der Waals surface area contributed by atoms with E-state index in [9.17, 15) is 14.4 Å². The molecule has 0 aromatic rings. The van der Waals surface area contributed by atoms with Gasteiger partial charge in [-0.3, -0.25) is 14.5 Å². The monoisotopic (exact) mass is 287 g/mol. The van der Waals surface area contributed by atoms with E-state index in [-0.39, 0.29) is 11.9 Å². The topological polar surface area (TPSA) is 108 Å². The van der Waals surface area contributed by atoms with Crippen molar-refractivity contribution in [2.24, 2.45) is 5.92 Å². The smallest absolute Gasteiger partial charge is 0.407 e. The van der Waals surface area contributed by atoms with Crippen LogP contribution in [0.25, 0.3) is 0 Å². The Balaban J connectivity index is 2.53. The second-order valence-electron chi connectivity index (χ2n) is 4.85. The quantitative estimate of drug-likeness (QED) is 0.614. The van der Waals surface area contributed by atoms with Gasteiger partial charge in [-0.2, -0.15) is 0 Å². The molecular formula is C12H21N3O5. The second kappa shape index (κ2) is 7.68. The molecule has 0 aromatic carbocycles. The van der Waals surface area contributed by atoms with Gasteiger partial charge in [0.1, 0.15) is 0 Å². The Labute approximate surface area is 117 Å². The van der Waals surface area contributed by atoms with Crippen LogP contribution in [0.1, 0.15) is 13.3 Å².